The quantitative estimate of drug-likeness (QED) is 0.644. The van der Waals surface area contributed by atoms with E-state index in [1.165, 1.54) is 17.3 Å². The van der Waals surface area contributed by atoms with E-state index in [1.807, 2.05) is 49.4 Å². The maximum atomic E-state index is 12.3. The molecule has 0 aliphatic carbocycles. The first-order chi connectivity index (χ1) is 12.9. The zero-order valence-electron chi connectivity index (χ0n) is 15.8. The van der Waals surface area contributed by atoms with Gasteiger partial charge in [-0.3, -0.25) is 9.59 Å². The van der Waals surface area contributed by atoms with E-state index in [1.54, 1.807) is 6.07 Å². The number of carbonyl (C=O) groups excluding carboxylic acids is 1. The summed E-state index contributed by atoms with van der Waals surface area (Å²) in [6.07, 6.45) is 0. The molecule has 0 unspecified atom stereocenters. The fourth-order valence-electron chi connectivity index (χ4n) is 2.95. The number of anilines is 1. The molecule has 0 atom stereocenters. The number of aromatic amines is 1. The van der Waals surface area contributed by atoms with Crippen LogP contribution in [0.1, 0.15) is 36.6 Å². The topological polar surface area (TPSA) is 62.0 Å². The molecule has 0 aliphatic heterocycles. The summed E-state index contributed by atoms with van der Waals surface area (Å²) in [5, 5.41) is 3.61. The van der Waals surface area contributed by atoms with E-state index < -0.39 is 0 Å². The maximum Gasteiger partial charge on any atom is 0.234 e. The second-order valence-electron chi connectivity index (χ2n) is 6.97. The van der Waals surface area contributed by atoms with Crippen LogP contribution in [0, 0.1) is 6.92 Å². The summed E-state index contributed by atoms with van der Waals surface area (Å²) >= 11 is 1.48. The van der Waals surface area contributed by atoms with Gasteiger partial charge < -0.3 is 10.3 Å². The Balaban J connectivity index is 1.58. The number of thioether (sulfide) groups is 1. The molecule has 3 aromatic rings. The highest BCUT2D eigenvalue weighted by molar-refractivity contribution is 7.99. The van der Waals surface area contributed by atoms with E-state index in [9.17, 15) is 9.59 Å². The van der Waals surface area contributed by atoms with Gasteiger partial charge in [0.15, 0.2) is 5.43 Å². The normalized spacial score (nSPS) is 11.1. The summed E-state index contributed by atoms with van der Waals surface area (Å²) in [6.45, 7) is 6.26. The lowest BCUT2D eigenvalue weighted by molar-refractivity contribution is -0.113. The number of rotatable bonds is 6. The third-order valence-electron chi connectivity index (χ3n) is 4.48. The van der Waals surface area contributed by atoms with Crippen molar-refractivity contribution >= 4 is 34.3 Å². The summed E-state index contributed by atoms with van der Waals surface area (Å²) in [6, 6.07) is 15.3. The molecule has 0 radical (unpaired) electrons. The minimum Gasteiger partial charge on any atom is -0.357 e. The van der Waals surface area contributed by atoms with E-state index in [4.69, 9.17) is 0 Å². The zero-order chi connectivity index (χ0) is 19.4. The number of para-hydroxylation sites is 1. The Morgan fingerprint density at radius 3 is 2.59 bits per heavy atom. The summed E-state index contributed by atoms with van der Waals surface area (Å²) in [5.74, 6) is 1.34. The highest BCUT2D eigenvalue weighted by atomic mass is 32.2. The average molecular weight is 381 g/mol. The maximum absolute atomic E-state index is 12.3. The fraction of sp³-hybridized carbons (Fsp3) is 0.273. The number of pyridine rings is 1. The van der Waals surface area contributed by atoms with Gasteiger partial charge in [0.25, 0.3) is 0 Å². The average Bonchev–Trinajstić information content (AvgIpc) is 2.63. The van der Waals surface area contributed by atoms with Gasteiger partial charge in [0.2, 0.25) is 5.91 Å². The third kappa shape index (κ3) is 4.80. The molecule has 0 saturated heterocycles. The van der Waals surface area contributed by atoms with Gasteiger partial charge >= 0.3 is 0 Å². The molecule has 4 nitrogen and oxygen atoms in total. The number of carbonyl (C=O) groups is 1. The van der Waals surface area contributed by atoms with Crippen LogP contribution < -0.4 is 10.7 Å². The van der Waals surface area contributed by atoms with Gasteiger partial charge in [0.05, 0.1) is 11.3 Å². The molecule has 2 N–H and O–H groups in total. The Morgan fingerprint density at radius 1 is 1.15 bits per heavy atom. The Bertz CT molecular complexity index is 1010. The highest BCUT2D eigenvalue weighted by Crippen LogP contribution is 2.18. The molecular weight excluding hydrogens is 356 g/mol. The van der Waals surface area contributed by atoms with Crippen molar-refractivity contribution in [2.75, 3.05) is 11.1 Å². The summed E-state index contributed by atoms with van der Waals surface area (Å²) < 4.78 is 0. The molecule has 140 valence electrons. The fourth-order valence-corrected chi connectivity index (χ4v) is 3.69. The number of hydrogen-bond donors (Lipinski definition) is 2. The number of hydrogen-bond acceptors (Lipinski definition) is 3. The van der Waals surface area contributed by atoms with E-state index >= 15 is 0 Å². The second kappa shape index (κ2) is 8.44. The van der Waals surface area contributed by atoms with Crippen LogP contribution in [0.2, 0.25) is 0 Å². The second-order valence-corrected chi connectivity index (χ2v) is 7.96. The lowest BCUT2D eigenvalue weighted by atomic mass is 10.0. The lowest BCUT2D eigenvalue weighted by Gasteiger charge is -2.09. The summed E-state index contributed by atoms with van der Waals surface area (Å²) in [4.78, 5) is 27.7. The molecule has 3 rings (SSSR count). The molecule has 0 bridgehead atoms. The molecule has 0 saturated carbocycles. The first kappa shape index (κ1) is 19.2. The zero-order valence-corrected chi connectivity index (χ0v) is 16.7. The summed E-state index contributed by atoms with van der Waals surface area (Å²) in [7, 11) is 0. The van der Waals surface area contributed by atoms with Crippen molar-refractivity contribution in [1.29, 1.82) is 0 Å². The molecule has 1 amide bonds. The standard InChI is InChI=1S/C22H24N2O2S/c1-14(2)16-7-9-17(10-8-16)23-21(26)13-27-12-18-11-20(25)19-6-4-5-15(3)22(19)24-18/h4-11,14H,12-13H2,1-3H3,(H,23,26)(H,24,25). The largest absolute Gasteiger partial charge is 0.357 e. The van der Waals surface area contributed by atoms with Gasteiger partial charge in [-0.2, -0.15) is 0 Å². The molecule has 1 aromatic heterocycles. The van der Waals surface area contributed by atoms with E-state index in [0.29, 0.717) is 22.8 Å². The monoisotopic (exact) mass is 380 g/mol. The minimum atomic E-state index is -0.0448. The molecule has 0 fully saturated rings. The van der Waals surface area contributed by atoms with Gasteiger partial charge in [-0.1, -0.05) is 38.1 Å². The van der Waals surface area contributed by atoms with E-state index in [0.717, 1.165) is 22.5 Å². The molecule has 0 aliphatic rings. The molecule has 5 heteroatoms. The Morgan fingerprint density at radius 2 is 1.89 bits per heavy atom. The van der Waals surface area contributed by atoms with Crippen LogP contribution in [0.25, 0.3) is 10.9 Å². The van der Waals surface area contributed by atoms with Crippen LogP contribution in [-0.4, -0.2) is 16.6 Å². The first-order valence-corrected chi connectivity index (χ1v) is 10.2. The molecule has 0 spiro atoms. The van der Waals surface area contributed by atoms with Crippen LogP contribution in [0.4, 0.5) is 5.69 Å². The van der Waals surface area contributed by atoms with Crippen LogP contribution in [0.15, 0.2) is 53.3 Å². The predicted molar refractivity (Wildman–Crippen MR) is 115 cm³/mol. The van der Waals surface area contributed by atoms with E-state index in [2.05, 4.69) is 24.1 Å². The Hall–Kier alpha value is -2.53. The number of fused-ring (bicyclic) bond motifs is 1. The van der Waals surface area contributed by atoms with Gasteiger partial charge in [0, 0.05) is 28.6 Å². The molecule has 2 aromatic carbocycles. The number of H-pyrrole nitrogens is 1. The highest BCUT2D eigenvalue weighted by Gasteiger charge is 2.07. The Labute approximate surface area is 163 Å². The third-order valence-corrected chi connectivity index (χ3v) is 5.46. The van der Waals surface area contributed by atoms with Crippen molar-refractivity contribution in [3.63, 3.8) is 0 Å². The van der Waals surface area contributed by atoms with Crippen LogP contribution in [-0.2, 0) is 10.5 Å². The van der Waals surface area contributed by atoms with Crippen LogP contribution in [0.5, 0.6) is 0 Å². The number of amides is 1. The first-order valence-electron chi connectivity index (χ1n) is 9.03. The van der Waals surface area contributed by atoms with Gasteiger partial charge in [0.1, 0.15) is 0 Å². The smallest absolute Gasteiger partial charge is 0.234 e. The van der Waals surface area contributed by atoms with Gasteiger partial charge in [-0.15, -0.1) is 11.8 Å². The number of aryl methyl sites for hydroxylation is 1. The van der Waals surface area contributed by atoms with Gasteiger partial charge in [-0.25, -0.2) is 0 Å². The van der Waals surface area contributed by atoms with Crippen molar-refractivity contribution in [3.8, 4) is 0 Å². The number of nitrogens with one attached hydrogen (secondary N) is 2. The van der Waals surface area contributed by atoms with Crippen molar-refractivity contribution in [1.82, 2.24) is 4.98 Å². The lowest BCUT2D eigenvalue weighted by Crippen LogP contribution is -2.14. The summed E-state index contributed by atoms with van der Waals surface area (Å²) in [5.41, 5.74) is 4.81. The van der Waals surface area contributed by atoms with Gasteiger partial charge in [-0.05, 0) is 42.2 Å². The van der Waals surface area contributed by atoms with E-state index in [-0.39, 0.29) is 11.3 Å². The molecule has 27 heavy (non-hydrogen) atoms. The van der Waals surface area contributed by atoms with Crippen molar-refractivity contribution < 1.29 is 4.79 Å². The predicted octanol–water partition coefficient (Wildman–Crippen LogP) is 4.83. The van der Waals surface area contributed by atoms with Crippen molar-refractivity contribution in [3.05, 3.63) is 75.6 Å². The van der Waals surface area contributed by atoms with Crippen molar-refractivity contribution in [2.45, 2.75) is 32.4 Å². The SMILES string of the molecule is Cc1cccc2c(=O)cc(CSCC(=O)Nc3ccc(C(C)C)cc3)[nH]c12. The number of benzene rings is 2. The van der Waals surface area contributed by atoms with Crippen LogP contribution in [0.3, 0.4) is 0 Å². The minimum absolute atomic E-state index is 0.0118. The number of aromatic nitrogens is 1. The molecular formula is C22H24N2O2S. The van der Waals surface area contributed by atoms with Crippen molar-refractivity contribution in [2.24, 2.45) is 0 Å². The molecule has 1 heterocycles. The van der Waals surface area contributed by atoms with Crippen LogP contribution >= 0.6 is 11.8 Å². The Kier molecular flexibility index (Phi) is 6.01.